The number of anilines is 1. The van der Waals surface area contributed by atoms with Crippen LogP contribution in [0, 0.1) is 0 Å². The average Bonchev–Trinajstić information content (AvgIpc) is 2.67. The van der Waals surface area contributed by atoms with E-state index in [0.29, 0.717) is 5.69 Å². The standard InChI is InChI=1S/C13H10N2OSe/c14-9-6-7-11-12(8-9)17-15(13(11)16)10-4-2-1-3-5-10/h1-8H,14H2. The van der Waals surface area contributed by atoms with Crippen molar-refractivity contribution in [1.82, 2.24) is 3.56 Å². The zero-order valence-electron chi connectivity index (χ0n) is 8.96. The summed E-state index contributed by atoms with van der Waals surface area (Å²) in [5.74, 6) is 0. The Labute approximate surface area is 104 Å². The molecule has 0 saturated heterocycles. The van der Waals surface area contributed by atoms with Gasteiger partial charge in [0.05, 0.1) is 0 Å². The van der Waals surface area contributed by atoms with Crippen molar-refractivity contribution in [3.8, 4) is 5.69 Å². The van der Waals surface area contributed by atoms with E-state index in [2.05, 4.69) is 0 Å². The number of aromatic nitrogens is 1. The Morgan fingerprint density at radius 1 is 1.06 bits per heavy atom. The predicted molar refractivity (Wildman–Crippen MR) is 70.9 cm³/mol. The Balaban J connectivity index is 2.32. The van der Waals surface area contributed by atoms with E-state index in [1.807, 2.05) is 46.0 Å². The summed E-state index contributed by atoms with van der Waals surface area (Å²) < 4.78 is 2.89. The summed E-state index contributed by atoms with van der Waals surface area (Å²) in [4.78, 5) is 12.2. The molecular weight excluding hydrogens is 279 g/mol. The first-order chi connectivity index (χ1) is 8.25. The SMILES string of the molecule is Nc1ccc2c(=O)n(-c3ccccc3)[se]c2c1. The van der Waals surface area contributed by atoms with Crippen LogP contribution >= 0.6 is 0 Å². The van der Waals surface area contributed by atoms with E-state index >= 15 is 0 Å². The first-order valence-electron chi connectivity index (χ1n) is 5.23. The quantitative estimate of drug-likeness (QED) is 0.547. The number of fused-ring (bicyclic) bond motifs is 1. The number of benzene rings is 2. The van der Waals surface area contributed by atoms with Gasteiger partial charge in [-0.15, -0.1) is 0 Å². The zero-order chi connectivity index (χ0) is 11.8. The molecule has 17 heavy (non-hydrogen) atoms. The Kier molecular flexibility index (Phi) is 2.39. The Bertz CT molecular complexity index is 728. The van der Waals surface area contributed by atoms with Gasteiger partial charge >= 0.3 is 104 Å². The molecule has 0 saturated carbocycles. The molecule has 0 aliphatic heterocycles. The fraction of sp³-hybridized carbons (Fsp3) is 0. The summed E-state index contributed by atoms with van der Waals surface area (Å²) in [6.07, 6.45) is 0. The molecule has 0 aliphatic carbocycles. The van der Waals surface area contributed by atoms with Gasteiger partial charge in [0.1, 0.15) is 0 Å². The summed E-state index contributed by atoms with van der Waals surface area (Å²) in [5.41, 5.74) is 7.48. The van der Waals surface area contributed by atoms with E-state index in [-0.39, 0.29) is 20.3 Å². The molecule has 0 atom stereocenters. The molecule has 84 valence electrons. The minimum atomic E-state index is -0.0108. The Morgan fingerprint density at radius 3 is 2.59 bits per heavy atom. The van der Waals surface area contributed by atoms with Crippen LogP contribution in [0.4, 0.5) is 5.69 Å². The molecule has 0 spiro atoms. The normalized spacial score (nSPS) is 10.8. The number of hydrogen-bond acceptors (Lipinski definition) is 2. The van der Waals surface area contributed by atoms with Crippen molar-refractivity contribution in [1.29, 1.82) is 0 Å². The molecule has 0 unspecified atom stereocenters. The van der Waals surface area contributed by atoms with Crippen LogP contribution in [0.5, 0.6) is 0 Å². The number of rotatable bonds is 1. The summed E-state index contributed by atoms with van der Waals surface area (Å²) in [6, 6.07) is 15.2. The van der Waals surface area contributed by atoms with Gasteiger partial charge < -0.3 is 0 Å². The molecule has 3 rings (SSSR count). The van der Waals surface area contributed by atoms with E-state index in [9.17, 15) is 4.79 Å². The molecule has 0 radical (unpaired) electrons. The van der Waals surface area contributed by atoms with Crippen LogP contribution in [-0.2, 0) is 0 Å². The second-order valence-corrected chi connectivity index (χ2v) is 5.85. The zero-order valence-corrected chi connectivity index (χ0v) is 10.7. The van der Waals surface area contributed by atoms with Crippen LogP contribution in [0.3, 0.4) is 0 Å². The summed E-state index contributed by atoms with van der Waals surface area (Å²) in [5, 5.41) is 0.781. The van der Waals surface area contributed by atoms with Crippen molar-refractivity contribution >= 4 is 30.1 Å². The fourth-order valence-corrected chi connectivity index (χ4v) is 3.97. The average molecular weight is 289 g/mol. The number of nitrogens with two attached hydrogens (primary N) is 1. The predicted octanol–water partition coefficient (Wildman–Crippen LogP) is 1.63. The van der Waals surface area contributed by atoms with Crippen LogP contribution in [0.25, 0.3) is 15.3 Å². The third-order valence-electron chi connectivity index (χ3n) is 2.60. The molecule has 0 fully saturated rings. The van der Waals surface area contributed by atoms with Crippen LogP contribution in [0.15, 0.2) is 53.3 Å². The van der Waals surface area contributed by atoms with Crippen LogP contribution in [0.1, 0.15) is 0 Å². The molecule has 1 aromatic heterocycles. The van der Waals surface area contributed by atoms with Gasteiger partial charge in [0.2, 0.25) is 0 Å². The first-order valence-corrected chi connectivity index (χ1v) is 6.85. The molecule has 0 bridgehead atoms. The van der Waals surface area contributed by atoms with Crippen LogP contribution < -0.4 is 11.3 Å². The Morgan fingerprint density at radius 2 is 1.82 bits per heavy atom. The van der Waals surface area contributed by atoms with Gasteiger partial charge in [-0.3, -0.25) is 0 Å². The third kappa shape index (κ3) is 1.71. The molecule has 0 amide bonds. The van der Waals surface area contributed by atoms with Gasteiger partial charge in [0, 0.05) is 0 Å². The second kappa shape index (κ2) is 3.91. The van der Waals surface area contributed by atoms with Crippen molar-refractivity contribution in [2.24, 2.45) is 0 Å². The van der Waals surface area contributed by atoms with E-state index in [4.69, 9.17) is 5.73 Å². The van der Waals surface area contributed by atoms with Crippen molar-refractivity contribution < 1.29 is 0 Å². The molecule has 2 N–H and O–H groups in total. The van der Waals surface area contributed by atoms with Crippen molar-refractivity contribution in [3.05, 3.63) is 58.9 Å². The third-order valence-corrected chi connectivity index (χ3v) is 4.90. The maximum absolute atomic E-state index is 12.2. The maximum atomic E-state index is 12.2. The second-order valence-electron chi connectivity index (χ2n) is 3.78. The molecule has 4 heteroatoms. The van der Waals surface area contributed by atoms with Crippen LogP contribution in [0.2, 0.25) is 0 Å². The molecule has 0 aliphatic rings. The molecule has 3 aromatic rings. The van der Waals surface area contributed by atoms with E-state index in [0.717, 1.165) is 15.3 Å². The summed E-state index contributed by atoms with van der Waals surface area (Å²) in [7, 11) is 0. The van der Waals surface area contributed by atoms with Crippen LogP contribution in [-0.4, -0.2) is 18.3 Å². The van der Waals surface area contributed by atoms with Gasteiger partial charge in [0.25, 0.3) is 0 Å². The van der Waals surface area contributed by atoms with Gasteiger partial charge in [-0.2, -0.15) is 0 Å². The molecular formula is C13H10N2OSe. The van der Waals surface area contributed by atoms with E-state index in [1.54, 1.807) is 6.07 Å². The summed E-state index contributed by atoms with van der Waals surface area (Å²) >= 11 is -0.0108. The number of hydrogen-bond donors (Lipinski definition) is 1. The van der Waals surface area contributed by atoms with E-state index < -0.39 is 0 Å². The number of nitrogen functional groups attached to an aromatic ring is 1. The monoisotopic (exact) mass is 290 g/mol. The van der Waals surface area contributed by atoms with Gasteiger partial charge in [-0.1, -0.05) is 0 Å². The van der Waals surface area contributed by atoms with Gasteiger partial charge in [-0.05, 0) is 0 Å². The van der Waals surface area contributed by atoms with Gasteiger partial charge in [-0.25, -0.2) is 0 Å². The minimum absolute atomic E-state index is 0.0108. The molecule has 2 aromatic carbocycles. The van der Waals surface area contributed by atoms with Gasteiger partial charge in [0.15, 0.2) is 0 Å². The van der Waals surface area contributed by atoms with Crippen molar-refractivity contribution in [2.75, 3.05) is 5.73 Å². The first kappa shape index (κ1) is 10.4. The number of para-hydroxylation sites is 1. The Hall–Kier alpha value is -1.77. The summed E-state index contributed by atoms with van der Waals surface area (Å²) in [6.45, 7) is 0. The van der Waals surface area contributed by atoms with E-state index in [1.165, 1.54) is 0 Å². The fourth-order valence-electron chi connectivity index (χ4n) is 1.77. The molecule has 3 nitrogen and oxygen atoms in total. The molecule has 1 heterocycles. The van der Waals surface area contributed by atoms with Crippen molar-refractivity contribution in [3.63, 3.8) is 0 Å². The number of nitrogens with zero attached hydrogens (tertiary/aromatic N) is 1. The van der Waals surface area contributed by atoms with Crippen molar-refractivity contribution in [2.45, 2.75) is 0 Å². The topological polar surface area (TPSA) is 48.0 Å².